The van der Waals surface area contributed by atoms with Crippen molar-refractivity contribution in [1.82, 2.24) is 15.2 Å². The van der Waals surface area contributed by atoms with Crippen molar-refractivity contribution in [2.24, 2.45) is 10.9 Å². The molecule has 0 aliphatic carbocycles. The van der Waals surface area contributed by atoms with Crippen molar-refractivity contribution < 1.29 is 4.74 Å². The largest absolute Gasteiger partial charge is 0.472 e. The van der Waals surface area contributed by atoms with Gasteiger partial charge in [-0.15, -0.1) is 24.0 Å². The number of nitrogens with one attached hydrogen (secondary N) is 1. The maximum atomic E-state index is 6.00. The van der Waals surface area contributed by atoms with E-state index in [2.05, 4.69) is 55.4 Å². The average molecular weight is 507 g/mol. The third-order valence-corrected chi connectivity index (χ3v) is 5.54. The van der Waals surface area contributed by atoms with E-state index in [9.17, 15) is 0 Å². The van der Waals surface area contributed by atoms with Crippen molar-refractivity contribution in [3.05, 3.63) is 54.7 Å². The van der Waals surface area contributed by atoms with Crippen molar-refractivity contribution in [3.8, 4) is 5.88 Å². The Labute approximate surface area is 190 Å². The predicted octanol–water partition coefficient (Wildman–Crippen LogP) is 3.25. The lowest BCUT2D eigenvalue weighted by Gasteiger charge is -2.23. The number of likely N-dealkylation sites (tertiary alicyclic amines) is 1. The third-order valence-electron chi connectivity index (χ3n) is 5.54. The maximum Gasteiger partial charge on any atom is 0.213 e. The van der Waals surface area contributed by atoms with Crippen LogP contribution in [0.25, 0.3) is 0 Å². The lowest BCUT2D eigenvalue weighted by molar-refractivity contribution is 0.205. The normalized spacial score (nSPS) is 21.8. The molecule has 29 heavy (non-hydrogen) atoms. The van der Waals surface area contributed by atoms with Gasteiger partial charge in [0, 0.05) is 57.6 Å². The fourth-order valence-corrected chi connectivity index (χ4v) is 4.04. The quantitative estimate of drug-likeness (QED) is 0.383. The summed E-state index contributed by atoms with van der Waals surface area (Å²) in [6.45, 7) is 4.98. The van der Waals surface area contributed by atoms with E-state index in [-0.39, 0.29) is 30.1 Å². The second kappa shape index (κ2) is 10.7. The lowest BCUT2D eigenvalue weighted by atomic mass is 10.1. The smallest absolute Gasteiger partial charge is 0.213 e. The van der Waals surface area contributed by atoms with Crippen LogP contribution in [0.5, 0.6) is 5.88 Å². The molecule has 1 aromatic carbocycles. The van der Waals surface area contributed by atoms with Crippen LogP contribution < -0.4 is 15.0 Å². The minimum absolute atomic E-state index is 0. The second-order valence-corrected chi connectivity index (χ2v) is 7.51. The highest BCUT2D eigenvalue weighted by Crippen LogP contribution is 2.23. The summed E-state index contributed by atoms with van der Waals surface area (Å²) in [5.41, 5.74) is 1.32. The highest BCUT2D eigenvalue weighted by Gasteiger charge is 2.28. The van der Waals surface area contributed by atoms with Crippen LogP contribution in [-0.4, -0.2) is 61.7 Å². The fourth-order valence-electron chi connectivity index (χ4n) is 4.04. The van der Waals surface area contributed by atoms with Gasteiger partial charge < -0.3 is 19.9 Å². The number of aromatic nitrogens is 1. The third kappa shape index (κ3) is 5.74. The molecule has 2 unspecified atom stereocenters. The molecular weight excluding hydrogens is 477 g/mol. The van der Waals surface area contributed by atoms with Gasteiger partial charge in [0.15, 0.2) is 5.96 Å². The first-order chi connectivity index (χ1) is 13.8. The molecule has 2 aliphatic rings. The van der Waals surface area contributed by atoms with E-state index in [0.29, 0.717) is 11.8 Å². The van der Waals surface area contributed by atoms with Gasteiger partial charge in [0.1, 0.15) is 6.10 Å². The SMILES string of the molecule is CN=C(NCC1CCN(c2ccccc2)C1)N1CCC(Oc2ccccn2)C1.I. The number of hydrogen-bond acceptors (Lipinski definition) is 4. The van der Waals surface area contributed by atoms with Gasteiger partial charge in [-0.25, -0.2) is 4.98 Å². The number of hydrogen-bond donors (Lipinski definition) is 1. The van der Waals surface area contributed by atoms with Gasteiger partial charge in [-0.2, -0.15) is 0 Å². The summed E-state index contributed by atoms with van der Waals surface area (Å²) in [5, 5.41) is 3.59. The van der Waals surface area contributed by atoms with Crippen LogP contribution in [0.15, 0.2) is 59.7 Å². The van der Waals surface area contributed by atoms with Crippen molar-refractivity contribution in [1.29, 1.82) is 0 Å². The van der Waals surface area contributed by atoms with Crippen molar-refractivity contribution in [2.75, 3.05) is 44.7 Å². The molecule has 2 aliphatic heterocycles. The Bertz CT molecular complexity index is 773. The number of halogens is 1. The first-order valence-corrected chi connectivity index (χ1v) is 10.1. The number of para-hydroxylation sites is 1. The highest BCUT2D eigenvalue weighted by atomic mass is 127. The molecule has 0 amide bonds. The van der Waals surface area contributed by atoms with Gasteiger partial charge in [0.25, 0.3) is 0 Å². The standard InChI is InChI=1S/C22H29N5O.HI/c1-23-22(27-14-11-20(17-27)28-21-9-5-6-12-24-21)25-15-18-10-13-26(16-18)19-7-3-2-4-8-19;/h2-9,12,18,20H,10-11,13-17H2,1H3,(H,23,25);1H. The molecule has 4 rings (SSSR count). The molecule has 2 aromatic rings. The van der Waals surface area contributed by atoms with E-state index >= 15 is 0 Å². The van der Waals surface area contributed by atoms with Crippen molar-refractivity contribution in [3.63, 3.8) is 0 Å². The second-order valence-electron chi connectivity index (χ2n) is 7.51. The molecule has 156 valence electrons. The van der Waals surface area contributed by atoms with Gasteiger partial charge in [0.2, 0.25) is 5.88 Å². The van der Waals surface area contributed by atoms with Gasteiger partial charge in [0.05, 0.1) is 6.54 Å². The minimum Gasteiger partial charge on any atom is -0.472 e. The van der Waals surface area contributed by atoms with Crippen LogP contribution in [-0.2, 0) is 0 Å². The molecule has 0 saturated carbocycles. The van der Waals surface area contributed by atoms with Crippen LogP contribution in [0, 0.1) is 5.92 Å². The molecule has 6 nitrogen and oxygen atoms in total. The molecule has 3 heterocycles. The number of benzene rings is 1. The van der Waals surface area contributed by atoms with E-state index in [1.54, 1.807) is 6.20 Å². The summed E-state index contributed by atoms with van der Waals surface area (Å²) in [4.78, 5) is 13.5. The number of anilines is 1. The monoisotopic (exact) mass is 507 g/mol. The lowest BCUT2D eigenvalue weighted by Crippen LogP contribution is -2.43. The molecule has 2 atom stereocenters. The number of rotatable bonds is 5. The summed E-state index contributed by atoms with van der Waals surface area (Å²) < 4.78 is 6.00. The molecule has 2 fully saturated rings. The Hall–Kier alpha value is -2.03. The maximum absolute atomic E-state index is 6.00. The van der Waals surface area contributed by atoms with E-state index < -0.39 is 0 Å². The fraction of sp³-hybridized carbons (Fsp3) is 0.455. The first kappa shape index (κ1) is 21.7. The van der Waals surface area contributed by atoms with Crippen LogP contribution in [0.4, 0.5) is 5.69 Å². The zero-order valence-corrected chi connectivity index (χ0v) is 19.2. The van der Waals surface area contributed by atoms with Gasteiger partial charge in [-0.1, -0.05) is 24.3 Å². The topological polar surface area (TPSA) is 53.0 Å². The van der Waals surface area contributed by atoms with E-state index in [1.807, 2.05) is 25.2 Å². The van der Waals surface area contributed by atoms with Crippen LogP contribution >= 0.6 is 24.0 Å². The number of ether oxygens (including phenoxy) is 1. The number of pyridine rings is 1. The molecule has 2 saturated heterocycles. The van der Waals surface area contributed by atoms with Crippen LogP contribution in [0.1, 0.15) is 12.8 Å². The van der Waals surface area contributed by atoms with Gasteiger partial charge >= 0.3 is 0 Å². The zero-order valence-electron chi connectivity index (χ0n) is 16.9. The molecule has 1 aromatic heterocycles. The Balaban J connectivity index is 0.00000240. The van der Waals surface area contributed by atoms with Crippen LogP contribution in [0.3, 0.4) is 0 Å². The molecular formula is C22H30IN5O. The van der Waals surface area contributed by atoms with E-state index in [4.69, 9.17) is 4.74 Å². The van der Waals surface area contributed by atoms with Crippen molar-refractivity contribution >= 4 is 35.6 Å². The number of nitrogens with zero attached hydrogens (tertiary/aromatic N) is 4. The summed E-state index contributed by atoms with van der Waals surface area (Å²) in [6.07, 6.45) is 4.13. The molecule has 0 bridgehead atoms. The summed E-state index contributed by atoms with van der Waals surface area (Å²) >= 11 is 0. The Morgan fingerprint density at radius 3 is 2.69 bits per heavy atom. The van der Waals surface area contributed by atoms with Gasteiger partial charge in [-0.3, -0.25) is 4.99 Å². The summed E-state index contributed by atoms with van der Waals surface area (Å²) in [7, 11) is 1.86. The summed E-state index contributed by atoms with van der Waals surface area (Å²) in [5.74, 6) is 2.31. The molecule has 7 heteroatoms. The van der Waals surface area contributed by atoms with E-state index in [0.717, 1.165) is 45.1 Å². The highest BCUT2D eigenvalue weighted by molar-refractivity contribution is 14.0. The summed E-state index contributed by atoms with van der Waals surface area (Å²) in [6, 6.07) is 16.5. The first-order valence-electron chi connectivity index (χ1n) is 10.1. The zero-order chi connectivity index (χ0) is 19.2. The Morgan fingerprint density at radius 1 is 1.10 bits per heavy atom. The average Bonchev–Trinajstić information content (AvgIpc) is 3.40. The molecule has 1 N–H and O–H groups in total. The van der Waals surface area contributed by atoms with Gasteiger partial charge in [-0.05, 0) is 30.5 Å². The molecule has 0 spiro atoms. The Kier molecular flexibility index (Phi) is 7.97. The minimum atomic E-state index is 0. The van der Waals surface area contributed by atoms with Crippen molar-refractivity contribution in [2.45, 2.75) is 18.9 Å². The van der Waals surface area contributed by atoms with Crippen LogP contribution in [0.2, 0.25) is 0 Å². The molecule has 0 radical (unpaired) electrons. The predicted molar refractivity (Wildman–Crippen MR) is 128 cm³/mol. The number of aliphatic imine (C=N–C) groups is 1. The number of guanidine groups is 1. The Morgan fingerprint density at radius 2 is 1.93 bits per heavy atom. The van der Waals surface area contributed by atoms with E-state index in [1.165, 1.54) is 12.1 Å².